The van der Waals surface area contributed by atoms with Crippen molar-refractivity contribution in [1.29, 1.82) is 0 Å². The first-order valence-electron chi connectivity index (χ1n) is 4.02. The SMILES string of the molecule is COc1ccc(C)cc1/C(C)=N/O. The number of oxime groups is 1. The Morgan fingerprint density at radius 3 is 2.69 bits per heavy atom. The predicted molar refractivity (Wildman–Crippen MR) is 51.7 cm³/mol. The number of rotatable bonds is 2. The van der Waals surface area contributed by atoms with Crippen LogP contribution < -0.4 is 4.74 Å². The first-order chi connectivity index (χ1) is 6.19. The summed E-state index contributed by atoms with van der Waals surface area (Å²) in [5.74, 6) is 0.723. The molecule has 0 spiro atoms. The lowest BCUT2D eigenvalue weighted by molar-refractivity contribution is 0.318. The minimum Gasteiger partial charge on any atom is -0.496 e. The molecule has 0 aromatic heterocycles. The number of methoxy groups -OCH3 is 1. The zero-order chi connectivity index (χ0) is 9.84. The molecule has 0 aliphatic heterocycles. The van der Waals surface area contributed by atoms with E-state index in [1.807, 2.05) is 25.1 Å². The Bertz CT molecular complexity index is 332. The van der Waals surface area contributed by atoms with E-state index in [2.05, 4.69) is 5.16 Å². The van der Waals surface area contributed by atoms with Crippen LogP contribution in [0.15, 0.2) is 23.4 Å². The Kier molecular flexibility index (Phi) is 2.90. The second-order valence-corrected chi connectivity index (χ2v) is 2.89. The number of benzene rings is 1. The van der Waals surface area contributed by atoms with Crippen LogP contribution in [0.1, 0.15) is 18.1 Å². The maximum atomic E-state index is 8.63. The third-order valence-electron chi connectivity index (χ3n) is 1.89. The summed E-state index contributed by atoms with van der Waals surface area (Å²) in [7, 11) is 1.60. The fourth-order valence-electron chi connectivity index (χ4n) is 1.16. The van der Waals surface area contributed by atoms with E-state index in [9.17, 15) is 0 Å². The van der Waals surface area contributed by atoms with Crippen LogP contribution in [-0.2, 0) is 0 Å². The summed E-state index contributed by atoms with van der Waals surface area (Å²) in [5.41, 5.74) is 2.49. The van der Waals surface area contributed by atoms with Gasteiger partial charge in [0.15, 0.2) is 0 Å². The molecule has 0 fully saturated rings. The molecule has 0 atom stereocenters. The first-order valence-corrected chi connectivity index (χ1v) is 4.02. The van der Waals surface area contributed by atoms with Gasteiger partial charge in [0, 0.05) is 5.56 Å². The molecule has 0 aliphatic rings. The zero-order valence-corrected chi connectivity index (χ0v) is 8.03. The topological polar surface area (TPSA) is 41.8 Å². The average molecular weight is 179 g/mol. The van der Waals surface area contributed by atoms with Crippen LogP contribution in [0.2, 0.25) is 0 Å². The molecule has 1 N–H and O–H groups in total. The third kappa shape index (κ3) is 1.99. The van der Waals surface area contributed by atoms with E-state index < -0.39 is 0 Å². The number of nitrogens with zero attached hydrogens (tertiary/aromatic N) is 1. The van der Waals surface area contributed by atoms with Crippen LogP contribution in [0.25, 0.3) is 0 Å². The van der Waals surface area contributed by atoms with Crippen LogP contribution in [0.3, 0.4) is 0 Å². The fraction of sp³-hybridized carbons (Fsp3) is 0.300. The van der Waals surface area contributed by atoms with Crippen LogP contribution in [0.5, 0.6) is 5.75 Å². The van der Waals surface area contributed by atoms with E-state index in [-0.39, 0.29) is 0 Å². The molecule has 0 radical (unpaired) electrons. The normalized spacial score (nSPS) is 11.5. The quantitative estimate of drug-likeness (QED) is 0.429. The Balaban J connectivity index is 3.23. The number of hydrogen-bond acceptors (Lipinski definition) is 3. The maximum Gasteiger partial charge on any atom is 0.128 e. The Morgan fingerprint density at radius 2 is 2.15 bits per heavy atom. The third-order valence-corrected chi connectivity index (χ3v) is 1.89. The Hall–Kier alpha value is -1.51. The van der Waals surface area contributed by atoms with Crippen LogP contribution >= 0.6 is 0 Å². The largest absolute Gasteiger partial charge is 0.496 e. The number of hydrogen-bond donors (Lipinski definition) is 1. The van der Waals surface area contributed by atoms with Gasteiger partial charge in [-0.2, -0.15) is 0 Å². The van der Waals surface area contributed by atoms with Gasteiger partial charge < -0.3 is 9.94 Å². The summed E-state index contributed by atoms with van der Waals surface area (Å²) in [6, 6.07) is 5.74. The molecule has 1 aromatic carbocycles. The summed E-state index contributed by atoms with van der Waals surface area (Å²) in [6.07, 6.45) is 0. The molecule has 0 unspecified atom stereocenters. The molecule has 0 bridgehead atoms. The molecule has 3 nitrogen and oxygen atoms in total. The van der Waals surface area contributed by atoms with Crippen molar-refractivity contribution in [3.8, 4) is 5.75 Å². The molecule has 0 amide bonds. The van der Waals surface area contributed by atoms with Gasteiger partial charge in [0.05, 0.1) is 12.8 Å². The van der Waals surface area contributed by atoms with Gasteiger partial charge in [-0.3, -0.25) is 0 Å². The molecule has 1 aromatic rings. The molecule has 0 saturated carbocycles. The second-order valence-electron chi connectivity index (χ2n) is 2.89. The highest BCUT2D eigenvalue weighted by Gasteiger charge is 2.05. The van der Waals surface area contributed by atoms with Gasteiger partial charge in [-0.15, -0.1) is 0 Å². The summed E-state index contributed by atoms with van der Waals surface area (Å²) in [5, 5.41) is 11.8. The van der Waals surface area contributed by atoms with Crippen molar-refractivity contribution in [1.82, 2.24) is 0 Å². The highest BCUT2D eigenvalue weighted by atomic mass is 16.5. The predicted octanol–water partition coefficient (Wildman–Crippen LogP) is 2.20. The molecule has 0 aliphatic carbocycles. The lowest BCUT2D eigenvalue weighted by Gasteiger charge is -2.07. The zero-order valence-electron chi connectivity index (χ0n) is 8.03. The molecule has 70 valence electrons. The van der Waals surface area contributed by atoms with Gasteiger partial charge in [-0.05, 0) is 26.0 Å². The molecule has 13 heavy (non-hydrogen) atoms. The second kappa shape index (κ2) is 3.94. The van der Waals surface area contributed by atoms with Crippen molar-refractivity contribution in [2.45, 2.75) is 13.8 Å². The maximum absolute atomic E-state index is 8.63. The van der Waals surface area contributed by atoms with Gasteiger partial charge in [-0.1, -0.05) is 16.8 Å². The van der Waals surface area contributed by atoms with Gasteiger partial charge in [0.1, 0.15) is 5.75 Å². The molecular formula is C10H13NO2. The lowest BCUT2D eigenvalue weighted by atomic mass is 10.1. The molecule has 1 rings (SSSR count). The molecule has 0 saturated heterocycles. The first kappa shape index (κ1) is 9.58. The van der Waals surface area contributed by atoms with E-state index in [0.29, 0.717) is 5.71 Å². The van der Waals surface area contributed by atoms with Crippen LogP contribution in [0.4, 0.5) is 0 Å². The smallest absolute Gasteiger partial charge is 0.128 e. The summed E-state index contributed by atoms with van der Waals surface area (Å²) in [6.45, 7) is 3.71. The number of ether oxygens (including phenoxy) is 1. The van der Waals surface area contributed by atoms with Gasteiger partial charge >= 0.3 is 0 Å². The van der Waals surface area contributed by atoms with E-state index >= 15 is 0 Å². The molecule has 0 heterocycles. The van der Waals surface area contributed by atoms with Gasteiger partial charge in [0.25, 0.3) is 0 Å². The minimum atomic E-state index is 0.556. The summed E-state index contributed by atoms with van der Waals surface area (Å²) in [4.78, 5) is 0. The highest BCUT2D eigenvalue weighted by molar-refractivity contribution is 6.00. The van der Waals surface area contributed by atoms with Crippen molar-refractivity contribution in [2.75, 3.05) is 7.11 Å². The minimum absolute atomic E-state index is 0.556. The standard InChI is InChI=1S/C10H13NO2/c1-7-4-5-10(13-3)9(6-7)8(2)11-12/h4-6,12H,1-3H3/b11-8+. The van der Waals surface area contributed by atoms with Crippen molar-refractivity contribution in [3.05, 3.63) is 29.3 Å². The van der Waals surface area contributed by atoms with Crippen LogP contribution in [-0.4, -0.2) is 18.0 Å². The van der Waals surface area contributed by atoms with E-state index in [0.717, 1.165) is 16.9 Å². The van der Waals surface area contributed by atoms with E-state index in [1.165, 1.54) is 0 Å². The van der Waals surface area contributed by atoms with Gasteiger partial charge in [0.2, 0.25) is 0 Å². The Labute approximate surface area is 77.6 Å². The Morgan fingerprint density at radius 1 is 1.46 bits per heavy atom. The lowest BCUT2D eigenvalue weighted by Crippen LogP contribution is -1.99. The van der Waals surface area contributed by atoms with Crippen molar-refractivity contribution in [3.63, 3.8) is 0 Å². The monoisotopic (exact) mass is 179 g/mol. The fourth-order valence-corrected chi connectivity index (χ4v) is 1.16. The summed E-state index contributed by atoms with van der Waals surface area (Å²) < 4.78 is 5.13. The number of aryl methyl sites for hydroxylation is 1. The average Bonchev–Trinajstić information content (AvgIpc) is 2.16. The van der Waals surface area contributed by atoms with E-state index in [1.54, 1.807) is 14.0 Å². The van der Waals surface area contributed by atoms with Crippen molar-refractivity contribution >= 4 is 5.71 Å². The van der Waals surface area contributed by atoms with Crippen molar-refractivity contribution < 1.29 is 9.94 Å². The van der Waals surface area contributed by atoms with Crippen LogP contribution in [0, 0.1) is 6.92 Å². The van der Waals surface area contributed by atoms with E-state index in [4.69, 9.17) is 9.94 Å². The van der Waals surface area contributed by atoms with Gasteiger partial charge in [-0.25, -0.2) is 0 Å². The molecule has 3 heteroatoms. The molecular weight excluding hydrogens is 166 g/mol. The summed E-state index contributed by atoms with van der Waals surface area (Å²) >= 11 is 0. The van der Waals surface area contributed by atoms with Crippen molar-refractivity contribution in [2.24, 2.45) is 5.16 Å². The highest BCUT2D eigenvalue weighted by Crippen LogP contribution is 2.20.